The maximum Gasteiger partial charge on any atom is 0.269 e. The van der Waals surface area contributed by atoms with Crippen molar-refractivity contribution in [3.05, 3.63) is 52.3 Å². The van der Waals surface area contributed by atoms with Gasteiger partial charge in [0.2, 0.25) is 0 Å². The van der Waals surface area contributed by atoms with Crippen LogP contribution in [0.1, 0.15) is 94.8 Å². The highest BCUT2D eigenvalue weighted by Crippen LogP contribution is 2.21. The molecular formula is C26H35N3O4. The van der Waals surface area contributed by atoms with Crippen LogP contribution in [0.4, 0.5) is 0 Å². The van der Waals surface area contributed by atoms with Crippen LogP contribution in [-0.2, 0) is 24.1 Å². The standard InChI is InChI=1S/C26H35N3O4/c1-3-23(30)19-12-14-20(15-13-19)24(31)11-6-5-10-22-21-9-7-17-33-18-8-16-27-26(32)25(21)29(4-2)28-22/h12-15H,3-11,16-18H2,1-2H3,(H,27,32). The first kappa shape index (κ1) is 24.8. The first-order valence-corrected chi connectivity index (χ1v) is 12.2. The number of nitrogens with zero attached hydrogens (tertiary/aromatic N) is 2. The first-order valence-electron chi connectivity index (χ1n) is 12.2. The quantitative estimate of drug-likeness (QED) is 0.454. The summed E-state index contributed by atoms with van der Waals surface area (Å²) >= 11 is 0. The molecule has 2 heterocycles. The summed E-state index contributed by atoms with van der Waals surface area (Å²) in [5, 5.41) is 7.73. The second-order valence-electron chi connectivity index (χ2n) is 8.40. The van der Waals surface area contributed by atoms with E-state index in [0.717, 1.165) is 49.8 Å². The molecule has 0 saturated carbocycles. The van der Waals surface area contributed by atoms with Crippen molar-refractivity contribution in [2.45, 2.75) is 71.8 Å². The molecule has 2 aromatic rings. The largest absolute Gasteiger partial charge is 0.381 e. The van der Waals surface area contributed by atoms with Crippen LogP contribution in [0.2, 0.25) is 0 Å². The fourth-order valence-corrected chi connectivity index (χ4v) is 4.18. The molecule has 3 rings (SSSR count). The van der Waals surface area contributed by atoms with E-state index in [1.54, 1.807) is 24.3 Å². The maximum absolute atomic E-state index is 12.8. The Hall–Kier alpha value is -2.80. The highest BCUT2D eigenvalue weighted by molar-refractivity contribution is 5.99. The number of rotatable bonds is 9. The van der Waals surface area contributed by atoms with E-state index in [1.807, 2.05) is 18.5 Å². The smallest absolute Gasteiger partial charge is 0.269 e. The van der Waals surface area contributed by atoms with Crippen LogP contribution in [-0.4, -0.2) is 47.0 Å². The van der Waals surface area contributed by atoms with Gasteiger partial charge >= 0.3 is 0 Å². The summed E-state index contributed by atoms with van der Waals surface area (Å²) in [5.74, 6) is 0.102. The fourth-order valence-electron chi connectivity index (χ4n) is 4.18. The highest BCUT2D eigenvalue weighted by atomic mass is 16.5. The number of amides is 1. The third-order valence-corrected chi connectivity index (χ3v) is 6.03. The van der Waals surface area contributed by atoms with Crippen molar-refractivity contribution in [1.82, 2.24) is 15.1 Å². The third-order valence-electron chi connectivity index (χ3n) is 6.03. The van der Waals surface area contributed by atoms with E-state index in [-0.39, 0.29) is 17.5 Å². The predicted molar refractivity (Wildman–Crippen MR) is 127 cm³/mol. The molecule has 1 N–H and O–H groups in total. The number of aromatic nitrogens is 2. The van der Waals surface area contributed by atoms with Crippen LogP contribution in [0.3, 0.4) is 0 Å². The van der Waals surface area contributed by atoms with Gasteiger partial charge in [0.15, 0.2) is 11.6 Å². The van der Waals surface area contributed by atoms with E-state index in [4.69, 9.17) is 9.84 Å². The van der Waals surface area contributed by atoms with Crippen LogP contribution in [0.25, 0.3) is 0 Å². The lowest BCUT2D eigenvalue weighted by atomic mass is 9.99. The number of Topliss-reactive ketones (excluding diaryl/α,β-unsaturated/α-hetero) is 2. The van der Waals surface area contributed by atoms with Crippen LogP contribution in [0, 0.1) is 0 Å². The summed E-state index contributed by atoms with van der Waals surface area (Å²) in [6, 6.07) is 6.95. The Labute approximate surface area is 195 Å². The normalized spacial score (nSPS) is 14.8. The van der Waals surface area contributed by atoms with Gasteiger partial charge in [-0.1, -0.05) is 31.2 Å². The zero-order valence-electron chi connectivity index (χ0n) is 19.8. The minimum absolute atomic E-state index is 0.0623. The SMILES string of the molecule is CCC(=O)c1ccc(C(=O)CCCCc2nn(CC)c3c2CCCOCCCNC3=O)cc1. The molecule has 1 aromatic carbocycles. The number of ether oxygens (including phenoxy) is 1. The number of benzene rings is 1. The number of fused-ring (bicyclic) bond motifs is 1. The molecular weight excluding hydrogens is 418 g/mol. The average Bonchev–Trinajstić information content (AvgIpc) is 3.18. The molecule has 0 aliphatic carbocycles. The Morgan fingerprint density at radius 1 is 1.03 bits per heavy atom. The second-order valence-corrected chi connectivity index (χ2v) is 8.40. The number of carbonyl (C=O) groups is 3. The number of hydrogen-bond acceptors (Lipinski definition) is 5. The first-order chi connectivity index (χ1) is 16.0. The van der Waals surface area contributed by atoms with Gasteiger partial charge in [0.25, 0.3) is 5.91 Å². The molecule has 178 valence electrons. The Bertz CT molecular complexity index is 963. The van der Waals surface area contributed by atoms with Crippen LogP contribution in [0.15, 0.2) is 24.3 Å². The number of ketones is 2. The van der Waals surface area contributed by atoms with Gasteiger partial charge in [-0.3, -0.25) is 19.1 Å². The molecule has 1 amide bonds. The van der Waals surface area contributed by atoms with Crippen molar-refractivity contribution in [1.29, 1.82) is 0 Å². The molecule has 33 heavy (non-hydrogen) atoms. The van der Waals surface area contributed by atoms with Gasteiger partial charge in [0.1, 0.15) is 5.69 Å². The summed E-state index contributed by atoms with van der Waals surface area (Å²) in [5.41, 5.74) is 3.93. The zero-order chi connectivity index (χ0) is 23.6. The summed E-state index contributed by atoms with van der Waals surface area (Å²) in [7, 11) is 0. The summed E-state index contributed by atoms with van der Waals surface area (Å²) in [4.78, 5) is 37.1. The molecule has 0 saturated heterocycles. The minimum atomic E-state index is -0.0623. The van der Waals surface area contributed by atoms with Crippen molar-refractivity contribution in [3.8, 4) is 0 Å². The number of hydrogen-bond donors (Lipinski definition) is 1. The lowest BCUT2D eigenvalue weighted by Gasteiger charge is -2.08. The molecule has 7 heteroatoms. The van der Waals surface area contributed by atoms with Gasteiger partial charge in [-0.25, -0.2) is 0 Å². The van der Waals surface area contributed by atoms with E-state index in [9.17, 15) is 14.4 Å². The van der Waals surface area contributed by atoms with Crippen LogP contribution in [0.5, 0.6) is 0 Å². The Balaban J connectivity index is 1.61. The van der Waals surface area contributed by atoms with Crippen molar-refractivity contribution in [3.63, 3.8) is 0 Å². The molecule has 0 fully saturated rings. The summed E-state index contributed by atoms with van der Waals surface area (Å²) in [6.07, 6.45) is 5.64. The zero-order valence-corrected chi connectivity index (χ0v) is 19.8. The summed E-state index contributed by atoms with van der Waals surface area (Å²) < 4.78 is 7.46. The number of unbranched alkanes of at least 4 members (excludes halogenated alkanes) is 1. The van der Waals surface area contributed by atoms with Gasteiger partial charge < -0.3 is 10.1 Å². The van der Waals surface area contributed by atoms with Crippen molar-refractivity contribution < 1.29 is 19.1 Å². The summed E-state index contributed by atoms with van der Waals surface area (Å²) in [6.45, 7) is 6.41. The van der Waals surface area contributed by atoms with Crippen molar-refractivity contribution in [2.24, 2.45) is 0 Å². The molecule has 0 spiro atoms. The average molecular weight is 454 g/mol. The molecule has 0 atom stereocenters. The lowest BCUT2D eigenvalue weighted by molar-refractivity contribution is 0.0931. The van der Waals surface area contributed by atoms with E-state index in [2.05, 4.69) is 5.32 Å². The van der Waals surface area contributed by atoms with Crippen molar-refractivity contribution in [2.75, 3.05) is 19.8 Å². The van der Waals surface area contributed by atoms with Gasteiger partial charge in [-0.2, -0.15) is 5.10 Å². The molecule has 1 aromatic heterocycles. The van der Waals surface area contributed by atoms with E-state index in [0.29, 0.717) is 56.0 Å². The van der Waals surface area contributed by atoms with Crippen molar-refractivity contribution >= 4 is 17.5 Å². The Morgan fingerprint density at radius 3 is 2.42 bits per heavy atom. The third kappa shape index (κ3) is 6.60. The monoisotopic (exact) mass is 453 g/mol. The second kappa shape index (κ2) is 12.4. The molecule has 0 radical (unpaired) electrons. The van der Waals surface area contributed by atoms with Gasteiger partial charge in [-0.05, 0) is 45.4 Å². The van der Waals surface area contributed by atoms with Gasteiger partial charge in [0.05, 0.1) is 5.69 Å². The van der Waals surface area contributed by atoms with E-state index in [1.165, 1.54) is 0 Å². The topological polar surface area (TPSA) is 90.3 Å². The van der Waals surface area contributed by atoms with Gasteiger partial charge in [0, 0.05) is 55.8 Å². The maximum atomic E-state index is 12.8. The number of aryl methyl sites for hydroxylation is 2. The van der Waals surface area contributed by atoms with Crippen LogP contribution >= 0.6 is 0 Å². The lowest BCUT2D eigenvalue weighted by Crippen LogP contribution is -2.28. The molecule has 0 unspecified atom stereocenters. The highest BCUT2D eigenvalue weighted by Gasteiger charge is 2.22. The molecule has 1 aliphatic rings. The minimum Gasteiger partial charge on any atom is -0.381 e. The molecule has 0 bridgehead atoms. The van der Waals surface area contributed by atoms with E-state index >= 15 is 0 Å². The molecule has 1 aliphatic heterocycles. The van der Waals surface area contributed by atoms with Gasteiger partial charge in [-0.15, -0.1) is 0 Å². The molecule has 7 nitrogen and oxygen atoms in total. The predicted octanol–water partition coefficient (Wildman–Crippen LogP) is 4.17. The van der Waals surface area contributed by atoms with Crippen LogP contribution < -0.4 is 5.32 Å². The Morgan fingerprint density at radius 2 is 1.73 bits per heavy atom. The Kier molecular flexibility index (Phi) is 9.36. The fraction of sp³-hybridized carbons (Fsp3) is 0.538. The number of carbonyl (C=O) groups excluding carboxylic acids is 3. The van der Waals surface area contributed by atoms with E-state index < -0.39 is 0 Å². The number of nitrogens with one attached hydrogen (secondary N) is 1.